The van der Waals surface area contributed by atoms with Gasteiger partial charge < -0.3 is 9.80 Å². The summed E-state index contributed by atoms with van der Waals surface area (Å²) in [6, 6.07) is 10.7. The molecule has 1 saturated heterocycles. The van der Waals surface area contributed by atoms with Crippen LogP contribution in [-0.2, 0) is 19.6 Å². The van der Waals surface area contributed by atoms with E-state index in [1.165, 1.54) is 48.5 Å². The molecular formula is C21H21FN4O4S. The molecule has 2 aromatic rings. The lowest BCUT2D eigenvalue weighted by molar-refractivity contribution is -0.120. The van der Waals surface area contributed by atoms with Gasteiger partial charge in [-0.15, -0.1) is 0 Å². The summed E-state index contributed by atoms with van der Waals surface area (Å²) in [6.07, 6.45) is 0. The molecule has 0 saturated carbocycles. The number of nitrogens with zero attached hydrogens (tertiary/aromatic N) is 3. The predicted octanol–water partition coefficient (Wildman–Crippen LogP) is 1.00. The number of rotatable bonds is 4. The fourth-order valence-electron chi connectivity index (χ4n) is 3.74. The molecular weight excluding hydrogens is 423 g/mol. The van der Waals surface area contributed by atoms with Crippen molar-refractivity contribution in [2.24, 2.45) is 5.14 Å². The zero-order chi connectivity index (χ0) is 22.3. The summed E-state index contributed by atoms with van der Waals surface area (Å²) in [7, 11) is -1.93. The van der Waals surface area contributed by atoms with Crippen molar-refractivity contribution in [3.63, 3.8) is 0 Å². The van der Waals surface area contributed by atoms with Crippen molar-refractivity contribution in [2.45, 2.75) is 4.90 Å². The van der Waals surface area contributed by atoms with Crippen molar-refractivity contribution in [1.29, 1.82) is 0 Å². The Morgan fingerprint density at radius 3 is 2.00 bits per heavy atom. The van der Waals surface area contributed by atoms with E-state index in [-0.39, 0.29) is 21.9 Å². The number of hydrogen-bond acceptors (Lipinski definition) is 6. The van der Waals surface area contributed by atoms with Crippen LogP contribution in [0, 0.1) is 5.82 Å². The second-order valence-electron chi connectivity index (χ2n) is 7.51. The van der Waals surface area contributed by atoms with Crippen molar-refractivity contribution >= 4 is 33.1 Å². The molecule has 2 aliphatic heterocycles. The third kappa shape index (κ3) is 3.97. The molecule has 2 amide bonds. The average molecular weight is 444 g/mol. The summed E-state index contributed by atoms with van der Waals surface area (Å²) in [5.74, 6) is -1.50. The lowest BCUT2D eigenvalue weighted by Gasteiger charge is -2.34. The Bertz CT molecular complexity index is 1170. The first-order valence-corrected chi connectivity index (χ1v) is 11.2. The van der Waals surface area contributed by atoms with Gasteiger partial charge >= 0.3 is 0 Å². The number of anilines is 1. The summed E-state index contributed by atoms with van der Waals surface area (Å²) in [6.45, 7) is 2.58. The van der Waals surface area contributed by atoms with E-state index >= 15 is 0 Å². The number of primary sulfonamides is 1. The molecule has 4 rings (SSSR count). The fraction of sp³-hybridized carbons (Fsp3) is 0.238. The number of sulfonamides is 1. The third-order valence-corrected chi connectivity index (χ3v) is 6.36. The van der Waals surface area contributed by atoms with Gasteiger partial charge in [0.2, 0.25) is 10.0 Å². The topological polar surface area (TPSA) is 104 Å². The van der Waals surface area contributed by atoms with Crippen LogP contribution in [-0.4, -0.2) is 63.3 Å². The van der Waals surface area contributed by atoms with Gasteiger partial charge in [-0.1, -0.05) is 12.1 Å². The zero-order valence-corrected chi connectivity index (χ0v) is 17.6. The van der Waals surface area contributed by atoms with Gasteiger partial charge in [0.05, 0.1) is 16.2 Å². The van der Waals surface area contributed by atoms with Gasteiger partial charge in [-0.05, 0) is 49.0 Å². The van der Waals surface area contributed by atoms with Crippen LogP contribution in [0.1, 0.15) is 5.56 Å². The van der Waals surface area contributed by atoms with Crippen molar-refractivity contribution in [1.82, 2.24) is 9.80 Å². The van der Waals surface area contributed by atoms with Crippen LogP contribution in [0.2, 0.25) is 0 Å². The Balaban J connectivity index is 1.77. The van der Waals surface area contributed by atoms with Crippen molar-refractivity contribution in [3.8, 4) is 0 Å². The molecule has 31 heavy (non-hydrogen) atoms. The maximum Gasteiger partial charge on any atom is 0.282 e. The minimum absolute atomic E-state index is 0.124. The van der Waals surface area contributed by atoms with Crippen LogP contribution in [0.25, 0.3) is 5.57 Å². The number of likely N-dealkylation sites (N-methyl/N-ethyl adjacent to an activating group) is 1. The van der Waals surface area contributed by atoms with Crippen molar-refractivity contribution in [2.75, 3.05) is 38.1 Å². The minimum atomic E-state index is -3.91. The monoisotopic (exact) mass is 444 g/mol. The van der Waals surface area contributed by atoms with Gasteiger partial charge in [-0.2, -0.15) is 0 Å². The molecule has 0 bridgehead atoms. The molecule has 0 aliphatic carbocycles. The first-order valence-electron chi connectivity index (χ1n) is 9.62. The Kier molecular flexibility index (Phi) is 5.38. The van der Waals surface area contributed by atoms with Crippen LogP contribution in [0.5, 0.6) is 0 Å². The van der Waals surface area contributed by atoms with Gasteiger partial charge in [0.15, 0.2) is 0 Å². The number of nitrogens with two attached hydrogens (primary N) is 1. The predicted molar refractivity (Wildman–Crippen MR) is 113 cm³/mol. The smallest absolute Gasteiger partial charge is 0.282 e. The van der Waals surface area contributed by atoms with E-state index in [1.807, 2.05) is 11.9 Å². The number of halogens is 1. The van der Waals surface area contributed by atoms with Crippen molar-refractivity contribution in [3.05, 3.63) is 65.6 Å². The number of piperazine rings is 1. The van der Waals surface area contributed by atoms with E-state index in [2.05, 4.69) is 4.90 Å². The van der Waals surface area contributed by atoms with E-state index in [9.17, 15) is 22.4 Å². The lowest BCUT2D eigenvalue weighted by Crippen LogP contribution is -2.46. The molecule has 0 spiro atoms. The summed E-state index contributed by atoms with van der Waals surface area (Å²) in [5, 5.41) is 5.13. The van der Waals surface area contributed by atoms with E-state index in [0.29, 0.717) is 18.7 Å². The Hall–Kier alpha value is -3.08. The standard InChI is InChI=1S/C21H21FN4O4S/c1-24-10-12-25(13-11-24)19-18(14-2-4-15(22)5-3-14)20(27)26(21(19)28)16-6-8-17(9-7-16)31(23,29)30/h2-9H,10-13H2,1H3,(H2,23,29,30). The van der Waals surface area contributed by atoms with E-state index < -0.39 is 27.7 Å². The van der Waals surface area contributed by atoms with E-state index in [0.717, 1.165) is 18.0 Å². The molecule has 10 heteroatoms. The minimum Gasteiger partial charge on any atom is -0.364 e. The molecule has 0 radical (unpaired) electrons. The number of imide groups is 1. The van der Waals surface area contributed by atoms with Gasteiger partial charge in [-0.25, -0.2) is 22.8 Å². The van der Waals surface area contributed by atoms with Crippen molar-refractivity contribution < 1.29 is 22.4 Å². The largest absolute Gasteiger partial charge is 0.364 e. The summed E-state index contributed by atoms with van der Waals surface area (Å²) in [5.41, 5.74) is 1.13. The highest BCUT2D eigenvalue weighted by Gasteiger charge is 2.43. The normalized spacial score (nSPS) is 18.3. The SMILES string of the molecule is CN1CCN(C2=C(c3ccc(F)cc3)C(=O)N(c3ccc(S(N)(=O)=O)cc3)C2=O)CC1. The molecule has 0 unspecified atom stereocenters. The van der Waals surface area contributed by atoms with Crippen LogP contribution in [0.15, 0.2) is 59.1 Å². The van der Waals surface area contributed by atoms with Gasteiger partial charge in [0.25, 0.3) is 11.8 Å². The maximum atomic E-state index is 13.5. The molecule has 2 aromatic carbocycles. The molecule has 0 atom stereocenters. The molecule has 2 heterocycles. The number of carbonyl (C=O) groups is 2. The van der Waals surface area contributed by atoms with E-state index in [4.69, 9.17) is 5.14 Å². The zero-order valence-electron chi connectivity index (χ0n) is 16.8. The molecule has 162 valence electrons. The third-order valence-electron chi connectivity index (χ3n) is 5.44. The molecule has 0 aromatic heterocycles. The highest BCUT2D eigenvalue weighted by molar-refractivity contribution is 7.89. The highest BCUT2D eigenvalue weighted by atomic mass is 32.2. The Morgan fingerprint density at radius 1 is 0.871 bits per heavy atom. The van der Waals surface area contributed by atoms with Gasteiger partial charge in [0.1, 0.15) is 11.5 Å². The number of amides is 2. The molecule has 8 nitrogen and oxygen atoms in total. The van der Waals surface area contributed by atoms with Crippen LogP contribution in [0.4, 0.5) is 10.1 Å². The number of hydrogen-bond donors (Lipinski definition) is 1. The average Bonchev–Trinajstić information content (AvgIpc) is 2.99. The summed E-state index contributed by atoms with van der Waals surface area (Å²) >= 11 is 0. The van der Waals surface area contributed by atoms with Gasteiger partial charge in [0, 0.05) is 26.2 Å². The van der Waals surface area contributed by atoms with Crippen LogP contribution in [0.3, 0.4) is 0 Å². The first kappa shape index (κ1) is 21.2. The van der Waals surface area contributed by atoms with E-state index in [1.54, 1.807) is 0 Å². The molecule has 2 N–H and O–H groups in total. The summed E-state index contributed by atoms with van der Waals surface area (Å²) < 4.78 is 36.5. The molecule has 2 aliphatic rings. The number of carbonyl (C=O) groups excluding carboxylic acids is 2. The Morgan fingerprint density at radius 2 is 1.45 bits per heavy atom. The lowest BCUT2D eigenvalue weighted by atomic mass is 10.0. The number of benzene rings is 2. The van der Waals surface area contributed by atoms with Crippen LogP contribution < -0.4 is 10.0 Å². The second kappa shape index (κ2) is 7.88. The first-order chi connectivity index (χ1) is 14.7. The van der Waals surface area contributed by atoms with Crippen LogP contribution >= 0.6 is 0 Å². The Labute approximate surface area is 179 Å². The summed E-state index contributed by atoms with van der Waals surface area (Å²) in [4.78, 5) is 31.7. The van der Waals surface area contributed by atoms with Gasteiger partial charge in [-0.3, -0.25) is 9.59 Å². The maximum absolute atomic E-state index is 13.5. The quantitative estimate of drug-likeness (QED) is 0.706. The molecule has 1 fully saturated rings. The second-order valence-corrected chi connectivity index (χ2v) is 9.07. The highest BCUT2D eigenvalue weighted by Crippen LogP contribution is 2.35. The fourth-order valence-corrected chi connectivity index (χ4v) is 4.25.